The van der Waals surface area contributed by atoms with E-state index < -0.39 is 0 Å². The van der Waals surface area contributed by atoms with Crippen molar-refractivity contribution in [2.24, 2.45) is 5.92 Å². The van der Waals surface area contributed by atoms with E-state index >= 15 is 0 Å². The molecule has 1 saturated carbocycles. The molecular formula is C18H22Cl2N2O2. The van der Waals surface area contributed by atoms with E-state index in [4.69, 9.17) is 23.2 Å². The molecule has 1 unspecified atom stereocenters. The van der Waals surface area contributed by atoms with E-state index in [1.54, 1.807) is 12.1 Å². The van der Waals surface area contributed by atoms with E-state index in [1.165, 1.54) is 0 Å². The Labute approximate surface area is 152 Å². The van der Waals surface area contributed by atoms with Crippen LogP contribution in [0.1, 0.15) is 37.7 Å². The number of nitrogens with one attached hydrogen (secondary N) is 1. The van der Waals surface area contributed by atoms with Crippen molar-refractivity contribution in [1.82, 2.24) is 10.2 Å². The van der Waals surface area contributed by atoms with Crippen molar-refractivity contribution >= 4 is 35.0 Å². The Kier molecular flexibility index (Phi) is 5.67. The van der Waals surface area contributed by atoms with Crippen LogP contribution in [-0.4, -0.2) is 35.8 Å². The fourth-order valence-corrected chi connectivity index (χ4v) is 3.59. The number of carbonyl (C=O) groups excluding carboxylic acids is 2. The second-order valence-corrected chi connectivity index (χ2v) is 7.54. The average Bonchev–Trinajstić information content (AvgIpc) is 3.38. The van der Waals surface area contributed by atoms with Gasteiger partial charge in [-0.05, 0) is 49.8 Å². The summed E-state index contributed by atoms with van der Waals surface area (Å²) in [6.07, 6.45) is 4.91. The molecule has 0 radical (unpaired) electrons. The molecule has 1 aromatic rings. The van der Waals surface area contributed by atoms with E-state index in [1.807, 2.05) is 11.0 Å². The van der Waals surface area contributed by atoms with Crippen molar-refractivity contribution in [1.29, 1.82) is 0 Å². The fourth-order valence-electron chi connectivity index (χ4n) is 3.09. The fraction of sp³-hybridized carbons (Fsp3) is 0.556. The van der Waals surface area contributed by atoms with Crippen LogP contribution in [0, 0.1) is 5.92 Å². The minimum absolute atomic E-state index is 0.0672. The Bertz CT molecular complexity index is 631. The van der Waals surface area contributed by atoms with Gasteiger partial charge in [-0.1, -0.05) is 29.3 Å². The summed E-state index contributed by atoms with van der Waals surface area (Å²) >= 11 is 12.0. The van der Waals surface area contributed by atoms with Gasteiger partial charge in [-0.2, -0.15) is 0 Å². The zero-order valence-corrected chi connectivity index (χ0v) is 15.1. The maximum absolute atomic E-state index is 12.5. The summed E-state index contributed by atoms with van der Waals surface area (Å²) in [5, 5.41) is 4.23. The van der Waals surface area contributed by atoms with Crippen LogP contribution in [0.3, 0.4) is 0 Å². The third-order valence-corrected chi connectivity index (χ3v) is 5.28. The lowest BCUT2D eigenvalue weighted by molar-refractivity contribution is -0.135. The molecule has 1 aromatic carbocycles. The average molecular weight is 369 g/mol. The third kappa shape index (κ3) is 4.64. The van der Waals surface area contributed by atoms with Crippen molar-refractivity contribution in [3.63, 3.8) is 0 Å². The van der Waals surface area contributed by atoms with Gasteiger partial charge in [0.2, 0.25) is 11.8 Å². The number of halogens is 2. The highest BCUT2D eigenvalue weighted by Gasteiger charge is 2.31. The highest BCUT2D eigenvalue weighted by atomic mass is 35.5. The topological polar surface area (TPSA) is 49.4 Å². The molecular weight excluding hydrogens is 347 g/mol. The van der Waals surface area contributed by atoms with Crippen LogP contribution in [0.15, 0.2) is 18.2 Å². The number of rotatable bonds is 5. The molecule has 2 amide bonds. The first-order valence-electron chi connectivity index (χ1n) is 8.55. The van der Waals surface area contributed by atoms with Crippen molar-refractivity contribution in [3.8, 4) is 0 Å². The molecule has 1 aliphatic heterocycles. The molecule has 0 aromatic heterocycles. The SMILES string of the molecule is O=C(NC1CC1)C1CCCN(C(=O)CCc2ccc(Cl)cc2Cl)C1. The van der Waals surface area contributed by atoms with Crippen molar-refractivity contribution in [2.45, 2.75) is 44.6 Å². The highest BCUT2D eigenvalue weighted by molar-refractivity contribution is 6.35. The number of nitrogens with zero attached hydrogens (tertiary/aromatic N) is 1. The van der Waals surface area contributed by atoms with Gasteiger partial charge in [-0.25, -0.2) is 0 Å². The molecule has 6 heteroatoms. The minimum atomic E-state index is -0.0672. The van der Waals surface area contributed by atoms with Gasteiger partial charge in [0.05, 0.1) is 5.92 Å². The molecule has 130 valence electrons. The van der Waals surface area contributed by atoms with Crippen LogP contribution < -0.4 is 5.32 Å². The Hall–Kier alpha value is -1.26. The lowest BCUT2D eigenvalue weighted by Gasteiger charge is -2.32. The van der Waals surface area contributed by atoms with E-state index in [0.29, 0.717) is 35.5 Å². The maximum atomic E-state index is 12.5. The first kappa shape index (κ1) is 17.6. The Morgan fingerprint density at radius 2 is 2.00 bits per heavy atom. The number of carbonyl (C=O) groups is 2. The van der Waals surface area contributed by atoms with E-state index in [9.17, 15) is 9.59 Å². The monoisotopic (exact) mass is 368 g/mol. The number of hydrogen-bond acceptors (Lipinski definition) is 2. The zero-order chi connectivity index (χ0) is 17.1. The highest BCUT2D eigenvalue weighted by Crippen LogP contribution is 2.24. The zero-order valence-electron chi connectivity index (χ0n) is 13.6. The van der Waals surface area contributed by atoms with Gasteiger partial charge in [0.25, 0.3) is 0 Å². The summed E-state index contributed by atoms with van der Waals surface area (Å²) < 4.78 is 0. The van der Waals surface area contributed by atoms with Gasteiger partial charge in [0, 0.05) is 35.6 Å². The van der Waals surface area contributed by atoms with Crippen LogP contribution in [0.4, 0.5) is 0 Å². The van der Waals surface area contributed by atoms with Crippen LogP contribution in [-0.2, 0) is 16.0 Å². The Balaban J connectivity index is 1.51. The minimum Gasteiger partial charge on any atom is -0.353 e. The quantitative estimate of drug-likeness (QED) is 0.865. The van der Waals surface area contributed by atoms with Gasteiger partial charge in [-0.15, -0.1) is 0 Å². The summed E-state index contributed by atoms with van der Waals surface area (Å²) in [5.74, 6) is 0.128. The summed E-state index contributed by atoms with van der Waals surface area (Å²) in [6.45, 7) is 1.27. The number of likely N-dealkylation sites (tertiary alicyclic amines) is 1. The molecule has 2 fully saturated rings. The number of benzene rings is 1. The second-order valence-electron chi connectivity index (χ2n) is 6.70. The Morgan fingerprint density at radius 3 is 2.71 bits per heavy atom. The smallest absolute Gasteiger partial charge is 0.225 e. The first-order chi connectivity index (χ1) is 11.5. The second kappa shape index (κ2) is 7.75. The summed E-state index contributed by atoms with van der Waals surface area (Å²) in [6, 6.07) is 5.71. The first-order valence-corrected chi connectivity index (χ1v) is 9.30. The molecule has 1 saturated heterocycles. The van der Waals surface area contributed by atoms with Gasteiger partial charge in [0.15, 0.2) is 0 Å². The largest absolute Gasteiger partial charge is 0.353 e. The molecule has 1 atom stereocenters. The van der Waals surface area contributed by atoms with Crippen molar-refractivity contribution in [3.05, 3.63) is 33.8 Å². The van der Waals surface area contributed by atoms with Gasteiger partial charge >= 0.3 is 0 Å². The van der Waals surface area contributed by atoms with Crippen LogP contribution in [0.25, 0.3) is 0 Å². The summed E-state index contributed by atoms with van der Waals surface area (Å²) in [7, 11) is 0. The molecule has 0 spiro atoms. The number of piperidine rings is 1. The van der Waals surface area contributed by atoms with E-state index in [2.05, 4.69) is 5.32 Å². The molecule has 4 nitrogen and oxygen atoms in total. The van der Waals surface area contributed by atoms with Crippen LogP contribution in [0.2, 0.25) is 10.0 Å². The molecule has 1 N–H and O–H groups in total. The molecule has 2 aliphatic rings. The predicted molar refractivity (Wildman–Crippen MR) is 95.3 cm³/mol. The normalized spacial score (nSPS) is 20.8. The lowest BCUT2D eigenvalue weighted by Crippen LogP contribution is -2.45. The lowest BCUT2D eigenvalue weighted by atomic mass is 9.96. The third-order valence-electron chi connectivity index (χ3n) is 4.69. The number of amides is 2. The molecule has 1 aliphatic carbocycles. The van der Waals surface area contributed by atoms with Crippen LogP contribution >= 0.6 is 23.2 Å². The molecule has 0 bridgehead atoms. The van der Waals surface area contributed by atoms with Gasteiger partial charge in [-0.3, -0.25) is 9.59 Å². The van der Waals surface area contributed by atoms with E-state index in [0.717, 1.165) is 37.8 Å². The predicted octanol–water partition coefficient (Wildman–Crippen LogP) is 3.44. The Morgan fingerprint density at radius 1 is 1.21 bits per heavy atom. The summed E-state index contributed by atoms with van der Waals surface area (Å²) in [4.78, 5) is 26.5. The standard InChI is InChI=1S/C18H22Cl2N2O2/c19-14-5-3-12(16(20)10-14)4-8-17(23)22-9-1-2-13(11-22)18(24)21-15-6-7-15/h3,5,10,13,15H,1-2,4,6-9,11H2,(H,21,24). The van der Waals surface area contributed by atoms with Crippen molar-refractivity contribution < 1.29 is 9.59 Å². The van der Waals surface area contributed by atoms with Crippen LogP contribution in [0.5, 0.6) is 0 Å². The van der Waals surface area contributed by atoms with E-state index in [-0.39, 0.29) is 17.7 Å². The number of hydrogen-bond donors (Lipinski definition) is 1. The van der Waals surface area contributed by atoms with Crippen molar-refractivity contribution in [2.75, 3.05) is 13.1 Å². The van der Waals surface area contributed by atoms with Gasteiger partial charge < -0.3 is 10.2 Å². The molecule has 3 rings (SSSR count). The maximum Gasteiger partial charge on any atom is 0.225 e. The molecule has 24 heavy (non-hydrogen) atoms. The molecule has 1 heterocycles. The van der Waals surface area contributed by atoms with Gasteiger partial charge in [0.1, 0.15) is 0 Å². The summed E-state index contributed by atoms with van der Waals surface area (Å²) in [5.41, 5.74) is 0.925. The number of aryl methyl sites for hydroxylation is 1.